The van der Waals surface area contributed by atoms with Gasteiger partial charge in [0.25, 0.3) is 10.0 Å². The first-order chi connectivity index (χ1) is 9.79. The number of nitrogens with one attached hydrogen (secondary N) is 1. The third-order valence-corrected chi connectivity index (χ3v) is 6.22. The van der Waals surface area contributed by atoms with Crippen molar-refractivity contribution in [2.45, 2.75) is 23.6 Å². The van der Waals surface area contributed by atoms with E-state index in [-0.39, 0.29) is 10.6 Å². The van der Waals surface area contributed by atoms with Crippen molar-refractivity contribution in [2.75, 3.05) is 0 Å². The highest BCUT2D eigenvalue weighted by Gasteiger charge is 2.27. The third kappa shape index (κ3) is 3.85. The van der Waals surface area contributed by atoms with Crippen LogP contribution >= 0.6 is 22.9 Å². The van der Waals surface area contributed by atoms with Crippen molar-refractivity contribution < 1.29 is 22.7 Å². The molecule has 2 aromatic rings. The summed E-state index contributed by atoms with van der Waals surface area (Å²) in [6.07, 6.45) is 2.75. The Morgan fingerprint density at radius 1 is 1.57 bits per heavy atom. The lowest BCUT2D eigenvalue weighted by Crippen LogP contribution is -2.41. The molecule has 2 rings (SSSR count). The summed E-state index contributed by atoms with van der Waals surface area (Å²) < 4.78 is 31.8. The number of thiophene rings is 1. The van der Waals surface area contributed by atoms with Gasteiger partial charge in [0.2, 0.25) is 0 Å². The highest BCUT2D eigenvalue weighted by atomic mass is 35.5. The normalized spacial score (nSPS) is 13.2. The number of hydrogen-bond acceptors (Lipinski definition) is 5. The molecule has 0 amide bonds. The second kappa shape index (κ2) is 6.18. The number of hydrogen-bond donors (Lipinski definition) is 2. The fourth-order valence-electron chi connectivity index (χ4n) is 1.63. The first kappa shape index (κ1) is 16.0. The average Bonchev–Trinajstić information content (AvgIpc) is 3.00. The van der Waals surface area contributed by atoms with E-state index in [2.05, 4.69) is 4.72 Å². The number of furan rings is 1. The maximum absolute atomic E-state index is 12.2. The Labute approximate surface area is 130 Å². The minimum absolute atomic E-state index is 0.0107. The quantitative estimate of drug-likeness (QED) is 0.833. The maximum Gasteiger partial charge on any atom is 0.322 e. The van der Waals surface area contributed by atoms with E-state index >= 15 is 0 Å². The molecule has 2 aromatic heterocycles. The van der Waals surface area contributed by atoms with Crippen molar-refractivity contribution in [1.82, 2.24) is 4.72 Å². The van der Waals surface area contributed by atoms with Gasteiger partial charge in [0, 0.05) is 6.42 Å². The Bertz CT molecular complexity index is 716. The molecule has 2 N–H and O–H groups in total. The van der Waals surface area contributed by atoms with Gasteiger partial charge < -0.3 is 9.52 Å². The van der Waals surface area contributed by atoms with Gasteiger partial charge in [-0.1, -0.05) is 11.6 Å². The van der Waals surface area contributed by atoms with E-state index in [9.17, 15) is 13.2 Å². The molecule has 0 saturated heterocycles. The summed E-state index contributed by atoms with van der Waals surface area (Å²) in [5.41, 5.74) is 1.22. The van der Waals surface area contributed by atoms with Crippen molar-refractivity contribution in [2.24, 2.45) is 0 Å². The van der Waals surface area contributed by atoms with Crippen LogP contribution in [0.4, 0.5) is 0 Å². The van der Waals surface area contributed by atoms with Crippen LogP contribution in [-0.4, -0.2) is 25.5 Å². The fraction of sp³-hybridized carbons (Fsp3) is 0.250. The number of aliphatic carboxylic acids is 1. The number of carboxylic acids is 1. The van der Waals surface area contributed by atoms with Crippen LogP contribution in [0.1, 0.15) is 11.1 Å². The molecule has 0 bridgehead atoms. The average molecular weight is 350 g/mol. The molecule has 0 radical (unpaired) electrons. The zero-order chi connectivity index (χ0) is 15.6. The Morgan fingerprint density at radius 3 is 2.76 bits per heavy atom. The van der Waals surface area contributed by atoms with Crippen LogP contribution in [0.2, 0.25) is 4.34 Å². The van der Waals surface area contributed by atoms with E-state index in [4.69, 9.17) is 21.1 Å². The molecule has 0 aliphatic heterocycles. The summed E-state index contributed by atoms with van der Waals surface area (Å²) >= 11 is 6.73. The van der Waals surface area contributed by atoms with Gasteiger partial charge in [0.05, 0.1) is 16.9 Å². The summed E-state index contributed by atoms with van der Waals surface area (Å²) in [6.45, 7) is 1.68. The lowest BCUT2D eigenvalue weighted by molar-refractivity contribution is -0.138. The molecule has 2 heterocycles. The number of aryl methyl sites for hydroxylation is 1. The SMILES string of the molecule is Cc1cc(S(=O)(=O)NC(Cc2ccoc2)C(=O)O)sc1Cl. The molecule has 0 spiro atoms. The van der Waals surface area contributed by atoms with Crippen LogP contribution in [0, 0.1) is 6.92 Å². The molecule has 114 valence electrons. The predicted molar refractivity (Wildman–Crippen MR) is 78.2 cm³/mol. The van der Waals surface area contributed by atoms with Crippen molar-refractivity contribution in [3.05, 3.63) is 40.1 Å². The van der Waals surface area contributed by atoms with Crippen LogP contribution in [-0.2, 0) is 21.2 Å². The molecule has 0 aliphatic carbocycles. The topological polar surface area (TPSA) is 96.6 Å². The zero-order valence-electron chi connectivity index (χ0n) is 10.9. The molecule has 0 aliphatic rings. The van der Waals surface area contributed by atoms with Gasteiger partial charge in [0.15, 0.2) is 0 Å². The van der Waals surface area contributed by atoms with Crippen LogP contribution in [0.3, 0.4) is 0 Å². The summed E-state index contributed by atoms with van der Waals surface area (Å²) in [5.74, 6) is -1.26. The fourth-order valence-corrected chi connectivity index (χ4v) is 4.55. The first-order valence-electron chi connectivity index (χ1n) is 5.82. The molecule has 9 heteroatoms. The standard InChI is InChI=1S/C12H12ClNO5S2/c1-7-4-10(20-11(7)13)21(17,18)14-9(12(15)16)5-8-2-3-19-6-8/h2-4,6,9,14H,5H2,1H3,(H,15,16). The molecule has 0 fully saturated rings. The predicted octanol–water partition coefficient (Wildman–Crippen LogP) is 2.28. The molecule has 1 atom stereocenters. The second-order valence-corrected chi connectivity index (χ2v) is 7.97. The zero-order valence-corrected chi connectivity index (χ0v) is 13.3. The molecular weight excluding hydrogens is 338 g/mol. The highest BCUT2D eigenvalue weighted by molar-refractivity contribution is 7.91. The lowest BCUT2D eigenvalue weighted by atomic mass is 10.1. The smallest absolute Gasteiger partial charge is 0.322 e. The Hall–Kier alpha value is -1.35. The first-order valence-corrected chi connectivity index (χ1v) is 8.49. The van der Waals surface area contributed by atoms with E-state index in [0.29, 0.717) is 15.5 Å². The molecule has 0 aromatic carbocycles. The van der Waals surface area contributed by atoms with Crippen LogP contribution < -0.4 is 4.72 Å². The maximum atomic E-state index is 12.2. The van der Waals surface area contributed by atoms with E-state index in [1.54, 1.807) is 13.0 Å². The summed E-state index contributed by atoms with van der Waals surface area (Å²) in [4.78, 5) is 11.2. The van der Waals surface area contributed by atoms with Gasteiger partial charge in [-0.15, -0.1) is 11.3 Å². The van der Waals surface area contributed by atoms with E-state index in [1.165, 1.54) is 18.6 Å². The van der Waals surface area contributed by atoms with Gasteiger partial charge in [-0.3, -0.25) is 4.79 Å². The highest BCUT2D eigenvalue weighted by Crippen LogP contribution is 2.30. The van der Waals surface area contributed by atoms with Crippen molar-refractivity contribution >= 4 is 38.9 Å². The van der Waals surface area contributed by atoms with Crippen LogP contribution in [0.25, 0.3) is 0 Å². The summed E-state index contributed by atoms with van der Waals surface area (Å²) in [5, 5.41) is 9.16. The van der Waals surface area contributed by atoms with Crippen LogP contribution in [0.5, 0.6) is 0 Å². The Kier molecular flexibility index (Phi) is 4.72. The van der Waals surface area contributed by atoms with Gasteiger partial charge in [-0.25, -0.2) is 8.42 Å². The monoisotopic (exact) mass is 349 g/mol. The molecule has 21 heavy (non-hydrogen) atoms. The van der Waals surface area contributed by atoms with Gasteiger partial charge in [-0.05, 0) is 30.2 Å². The molecule has 0 saturated carbocycles. The molecule has 6 nitrogen and oxygen atoms in total. The number of carbonyl (C=O) groups is 1. The van der Waals surface area contributed by atoms with E-state index < -0.39 is 22.0 Å². The number of sulfonamides is 1. The minimum Gasteiger partial charge on any atom is -0.480 e. The van der Waals surface area contributed by atoms with Crippen LogP contribution in [0.15, 0.2) is 33.3 Å². The lowest BCUT2D eigenvalue weighted by Gasteiger charge is -2.13. The van der Waals surface area contributed by atoms with E-state index in [1.807, 2.05) is 0 Å². The summed E-state index contributed by atoms with van der Waals surface area (Å²) in [7, 11) is -3.94. The number of halogens is 1. The van der Waals surface area contributed by atoms with Gasteiger partial charge in [0.1, 0.15) is 10.3 Å². The third-order valence-electron chi connectivity index (χ3n) is 2.71. The Morgan fingerprint density at radius 2 is 2.29 bits per heavy atom. The van der Waals surface area contributed by atoms with Crippen molar-refractivity contribution in [3.63, 3.8) is 0 Å². The minimum atomic E-state index is -3.94. The summed E-state index contributed by atoms with van der Waals surface area (Å²) in [6, 6.07) is 1.71. The molecule has 1 unspecified atom stereocenters. The second-order valence-electron chi connectivity index (χ2n) is 4.37. The van der Waals surface area contributed by atoms with E-state index in [0.717, 1.165) is 11.3 Å². The molecular formula is C12H12ClNO5S2. The van der Waals surface area contributed by atoms with Crippen molar-refractivity contribution in [1.29, 1.82) is 0 Å². The van der Waals surface area contributed by atoms with Gasteiger partial charge >= 0.3 is 5.97 Å². The van der Waals surface area contributed by atoms with Gasteiger partial charge in [-0.2, -0.15) is 4.72 Å². The number of carboxylic acid groups (broad SMARTS) is 1. The van der Waals surface area contributed by atoms with Crippen molar-refractivity contribution in [3.8, 4) is 0 Å². The number of rotatable bonds is 6. The largest absolute Gasteiger partial charge is 0.480 e. The Balaban J connectivity index is 2.21.